The summed E-state index contributed by atoms with van der Waals surface area (Å²) in [5, 5.41) is 0. The van der Waals surface area contributed by atoms with Crippen LogP contribution in [0, 0.1) is 3.57 Å². The predicted octanol–water partition coefficient (Wildman–Crippen LogP) is 2.68. The van der Waals surface area contributed by atoms with Gasteiger partial charge in [-0.05, 0) is 28.7 Å². The van der Waals surface area contributed by atoms with Crippen LogP contribution in [-0.4, -0.2) is 9.97 Å². The van der Waals surface area contributed by atoms with E-state index in [4.69, 9.17) is 0 Å². The van der Waals surface area contributed by atoms with Gasteiger partial charge in [0.25, 0.3) is 0 Å². The van der Waals surface area contributed by atoms with Crippen LogP contribution in [0.4, 0.5) is 0 Å². The number of hydrogen-bond donors (Lipinski definition) is 1. The lowest BCUT2D eigenvalue weighted by atomic mass is 10.2. The van der Waals surface area contributed by atoms with Crippen molar-refractivity contribution in [3.63, 3.8) is 0 Å². The van der Waals surface area contributed by atoms with Crippen molar-refractivity contribution in [1.29, 1.82) is 0 Å². The molecule has 0 aliphatic heterocycles. The molecule has 0 fully saturated rings. The minimum atomic E-state index is 1.07. The molecule has 0 unspecified atom stereocenters. The zero-order valence-corrected chi connectivity index (χ0v) is 8.45. The summed E-state index contributed by atoms with van der Waals surface area (Å²) in [5.74, 6) is 0. The highest BCUT2D eigenvalue weighted by Gasteiger charge is 2.01. The van der Waals surface area contributed by atoms with E-state index in [2.05, 4.69) is 44.7 Å². The lowest BCUT2D eigenvalue weighted by Gasteiger charge is -1.98. The third kappa shape index (κ3) is 1.36. The SMILES string of the molecule is Ic1ccccc1-c1cnc[nH]1. The highest BCUT2D eigenvalue weighted by atomic mass is 127. The van der Waals surface area contributed by atoms with E-state index < -0.39 is 0 Å². The third-order valence-corrected chi connectivity index (χ3v) is 2.60. The monoisotopic (exact) mass is 270 g/mol. The number of rotatable bonds is 1. The lowest BCUT2D eigenvalue weighted by Crippen LogP contribution is -1.80. The number of aromatic amines is 1. The van der Waals surface area contributed by atoms with Crippen molar-refractivity contribution in [3.05, 3.63) is 40.4 Å². The van der Waals surface area contributed by atoms with E-state index >= 15 is 0 Å². The summed E-state index contributed by atoms with van der Waals surface area (Å²) in [4.78, 5) is 7.06. The Bertz CT molecular complexity index is 368. The lowest BCUT2D eigenvalue weighted by molar-refractivity contribution is 1.31. The molecular formula is C9H7IN2. The van der Waals surface area contributed by atoms with Gasteiger partial charge in [-0.2, -0.15) is 0 Å². The Kier molecular flexibility index (Phi) is 2.12. The molecule has 2 aromatic rings. The van der Waals surface area contributed by atoms with E-state index in [0.29, 0.717) is 0 Å². The number of H-pyrrole nitrogens is 1. The standard InChI is InChI=1S/C9H7IN2/c10-8-4-2-1-3-7(8)9-5-11-6-12-9/h1-6H,(H,11,12). The summed E-state index contributed by atoms with van der Waals surface area (Å²) < 4.78 is 1.24. The van der Waals surface area contributed by atoms with Crippen molar-refractivity contribution >= 4 is 22.6 Å². The Labute approximate surface area is 84.2 Å². The topological polar surface area (TPSA) is 28.7 Å². The fourth-order valence-electron chi connectivity index (χ4n) is 1.08. The van der Waals surface area contributed by atoms with Crippen molar-refractivity contribution in [2.45, 2.75) is 0 Å². The average molecular weight is 270 g/mol. The second-order valence-electron chi connectivity index (χ2n) is 2.45. The zero-order chi connectivity index (χ0) is 8.39. The van der Waals surface area contributed by atoms with Gasteiger partial charge in [0.05, 0.1) is 18.2 Å². The van der Waals surface area contributed by atoms with E-state index in [9.17, 15) is 0 Å². The Morgan fingerprint density at radius 3 is 2.75 bits per heavy atom. The van der Waals surface area contributed by atoms with E-state index in [-0.39, 0.29) is 0 Å². The molecule has 1 N–H and O–H groups in total. The van der Waals surface area contributed by atoms with Gasteiger partial charge in [-0.1, -0.05) is 18.2 Å². The number of nitrogens with zero attached hydrogens (tertiary/aromatic N) is 1. The molecule has 1 aromatic heterocycles. The van der Waals surface area contributed by atoms with Gasteiger partial charge < -0.3 is 4.98 Å². The number of nitrogens with one attached hydrogen (secondary N) is 1. The van der Waals surface area contributed by atoms with Crippen molar-refractivity contribution in [3.8, 4) is 11.3 Å². The van der Waals surface area contributed by atoms with Gasteiger partial charge in [0.2, 0.25) is 0 Å². The molecule has 2 rings (SSSR count). The molecule has 60 valence electrons. The second-order valence-corrected chi connectivity index (χ2v) is 3.61. The van der Waals surface area contributed by atoms with Crippen molar-refractivity contribution in [2.75, 3.05) is 0 Å². The minimum absolute atomic E-state index is 1.07. The first-order valence-electron chi connectivity index (χ1n) is 3.61. The quantitative estimate of drug-likeness (QED) is 0.793. The predicted molar refractivity (Wildman–Crippen MR) is 56.7 cm³/mol. The number of hydrogen-bond acceptors (Lipinski definition) is 1. The third-order valence-electron chi connectivity index (χ3n) is 1.66. The van der Waals surface area contributed by atoms with E-state index in [1.165, 1.54) is 9.13 Å². The molecular weight excluding hydrogens is 263 g/mol. The van der Waals surface area contributed by atoms with Gasteiger partial charge in [0.15, 0.2) is 0 Å². The van der Waals surface area contributed by atoms with Crippen molar-refractivity contribution in [1.82, 2.24) is 9.97 Å². The summed E-state index contributed by atoms with van der Waals surface area (Å²) >= 11 is 2.31. The fourth-order valence-corrected chi connectivity index (χ4v) is 1.76. The zero-order valence-electron chi connectivity index (χ0n) is 6.29. The molecule has 0 aliphatic carbocycles. The van der Waals surface area contributed by atoms with E-state index in [0.717, 1.165) is 5.69 Å². The van der Waals surface area contributed by atoms with Gasteiger partial charge >= 0.3 is 0 Å². The van der Waals surface area contributed by atoms with Crippen molar-refractivity contribution in [2.24, 2.45) is 0 Å². The number of aromatic nitrogens is 2. The fraction of sp³-hybridized carbons (Fsp3) is 0. The van der Waals surface area contributed by atoms with Crippen LogP contribution in [0.15, 0.2) is 36.8 Å². The normalized spacial score (nSPS) is 10.1. The van der Waals surface area contributed by atoms with E-state index in [1.54, 1.807) is 6.33 Å². The first-order valence-corrected chi connectivity index (χ1v) is 4.69. The highest BCUT2D eigenvalue weighted by molar-refractivity contribution is 14.1. The number of halogens is 1. The molecule has 0 bridgehead atoms. The van der Waals surface area contributed by atoms with Gasteiger partial charge in [-0.3, -0.25) is 0 Å². The molecule has 0 atom stereocenters. The molecule has 1 heterocycles. The van der Waals surface area contributed by atoms with Gasteiger partial charge in [-0.15, -0.1) is 0 Å². The molecule has 3 heteroatoms. The summed E-state index contributed by atoms with van der Waals surface area (Å²) in [7, 11) is 0. The number of benzene rings is 1. The minimum Gasteiger partial charge on any atom is -0.345 e. The van der Waals surface area contributed by atoms with Crippen LogP contribution in [0.2, 0.25) is 0 Å². The molecule has 0 radical (unpaired) electrons. The summed E-state index contributed by atoms with van der Waals surface area (Å²) in [6, 6.07) is 8.21. The van der Waals surface area contributed by atoms with E-state index in [1.807, 2.05) is 18.3 Å². The molecule has 0 spiro atoms. The van der Waals surface area contributed by atoms with Gasteiger partial charge in [0.1, 0.15) is 0 Å². The molecule has 0 aliphatic rings. The summed E-state index contributed by atoms with van der Waals surface area (Å²) in [6.45, 7) is 0. The summed E-state index contributed by atoms with van der Waals surface area (Å²) in [5.41, 5.74) is 2.27. The summed E-state index contributed by atoms with van der Waals surface area (Å²) in [6.07, 6.45) is 3.52. The van der Waals surface area contributed by atoms with Crippen LogP contribution in [-0.2, 0) is 0 Å². The van der Waals surface area contributed by atoms with Crippen molar-refractivity contribution < 1.29 is 0 Å². The maximum atomic E-state index is 3.98. The van der Waals surface area contributed by atoms with Crippen LogP contribution in [0.1, 0.15) is 0 Å². The Morgan fingerprint density at radius 2 is 2.08 bits per heavy atom. The van der Waals surface area contributed by atoms with Crippen LogP contribution in [0.25, 0.3) is 11.3 Å². The molecule has 0 saturated heterocycles. The maximum Gasteiger partial charge on any atom is 0.0924 e. The molecule has 1 aromatic carbocycles. The van der Waals surface area contributed by atoms with Gasteiger partial charge in [-0.25, -0.2) is 4.98 Å². The largest absolute Gasteiger partial charge is 0.345 e. The molecule has 12 heavy (non-hydrogen) atoms. The maximum absolute atomic E-state index is 3.98. The Morgan fingerprint density at radius 1 is 1.25 bits per heavy atom. The highest BCUT2D eigenvalue weighted by Crippen LogP contribution is 2.21. The Hall–Kier alpha value is -0.840. The van der Waals surface area contributed by atoms with Gasteiger partial charge in [0, 0.05) is 9.13 Å². The molecule has 0 saturated carbocycles. The molecule has 2 nitrogen and oxygen atoms in total. The average Bonchev–Trinajstić information content (AvgIpc) is 2.57. The Balaban J connectivity index is 2.55. The first kappa shape index (κ1) is 7.79. The molecule has 0 amide bonds. The van der Waals surface area contributed by atoms with Crippen LogP contribution in [0.3, 0.4) is 0 Å². The smallest absolute Gasteiger partial charge is 0.0924 e. The van der Waals surface area contributed by atoms with Crippen LogP contribution < -0.4 is 0 Å². The first-order chi connectivity index (χ1) is 5.88. The second kappa shape index (κ2) is 3.26. The van der Waals surface area contributed by atoms with Crippen LogP contribution in [0.5, 0.6) is 0 Å². The van der Waals surface area contributed by atoms with Crippen LogP contribution >= 0.6 is 22.6 Å². The number of imidazole rings is 1.